The van der Waals surface area contributed by atoms with Gasteiger partial charge in [0.2, 0.25) is 5.75 Å². The minimum atomic E-state index is -1.30. The lowest BCUT2D eigenvalue weighted by Gasteiger charge is -2.15. The van der Waals surface area contributed by atoms with Crippen LogP contribution in [-0.2, 0) is 9.53 Å². The van der Waals surface area contributed by atoms with Gasteiger partial charge in [0.15, 0.2) is 18.3 Å². The molecule has 1 aromatic carbocycles. The van der Waals surface area contributed by atoms with Crippen LogP contribution in [0.25, 0.3) is 6.08 Å². The minimum Gasteiger partial charge on any atom is -0.493 e. The Morgan fingerprint density at radius 3 is 1.97 bits per heavy atom. The first kappa shape index (κ1) is 27.3. The first-order valence-electron chi connectivity index (χ1n) is 11.4. The van der Waals surface area contributed by atoms with Crippen LogP contribution in [0.15, 0.2) is 17.7 Å². The average molecular weight is 448 g/mol. The maximum absolute atomic E-state index is 11.1. The lowest BCUT2D eigenvalue weighted by molar-refractivity contribution is -0.132. The van der Waals surface area contributed by atoms with Crippen LogP contribution < -0.4 is 14.2 Å². The molecule has 0 bridgehead atoms. The largest absolute Gasteiger partial charge is 0.493 e. The highest BCUT2D eigenvalue weighted by atomic mass is 16.7. The van der Waals surface area contributed by atoms with Gasteiger partial charge < -0.3 is 24.1 Å². The third kappa shape index (κ3) is 10.5. The summed E-state index contributed by atoms with van der Waals surface area (Å²) in [5.74, 6) is -0.211. The van der Waals surface area contributed by atoms with Gasteiger partial charge in [0.1, 0.15) is 11.6 Å². The standard InChI is InChI=1S/C25H37NO6/c1-4-5-6-7-8-9-10-11-12-13-14-31-19-32-24-22(29-2)16-20(17-23(24)30-3)15-21(18-26)25(27)28/h15-17H,4-14,19H2,1-3H3,(H,27,28)/b21-15-. The van der Waals surface area contributed by atoms with E-state index in [4.69, 9.17) is 29.3 Å². The van der Waals surface area contributed by atoms with Gasteiger partial charge in [-0.15, -0.1) is 0 Å². The van der Waals surface area contributed by atoms with E-state index in [0.717, 1.165) is 12.8 Å². The van der Waals surface area contributed by atoms with Gasteiger partial charge in [-0.3, -0.25) is 0 Å². The smallest absolute Gasteiger partial charge is 0.346 e. The fourth-order valence-corrected chi connectivity index (χ4v) is 3.29. The molecule has 0 spiro atoms. The Bertz CT molecular complexity index is 728. The first-order chi connectivity index (χ1) is 15.6. The molecule has 1 rings (SSSR count). The highest BCUT2D eigenvalue weighted by molar-refractivity contribution is 5.96. The number of methoxy groups -OCH3 is 2. The molecule has 0 aromatic heterocycles. The zero-order chi connectivity index (χ0) is 23.6. The zero-order valence-corrected chi connectivity index (χ0v) is 19.7. The van der Waals surface area contributed by atoms with E-state index in [0.29, 0.717) is 29.4 Å². The molecule has 0 unspecified atom stereocenters. The van der Waals surface area contributed by atoms with Crippen molar-refractivity contribution in [2.45, 2.75) is 71.1 Å². The van der Waals surface area contributed by atoms with Crippen LogP contribution in [0.3, 0.4) is 0 Å². The third-order valence-electron chi connectivity index (χ3n) is 5.07. The molecule has 1 aromatic rings. The topological polar surface area (TPSA) is 98.0 Å². The molecular formula is C25H37NO6. The van der Waals surface area contributed by atoms with Crippen LogP contribution in [-0.4, -0.2) is 38.7 Å². The summed E-state index contributed by atoms with van der Waals surface area (Å²) in [6.07, 6.45) is 13.9. The fraction of sp³-hybridized carbons (Fsp3) is 0.600. The second-order valence-electron chi connectivity index (χ2n) is 7.58. The van der Waals surface area contributed by atoms with Gasteiger partial charge >= 0.3 is 5.97 Å². The zero-order valence-electron chi connectivity index (χ0n) is 19.7. The van der Waals surface area contributed by atoms with E-state index >= 15 is 0 Å². The Labute approximate surface area is 191 Å². The third-order valence-corrected chi connectivity index (χ3v) is 5.07. The predicted octanol–water partition coefficient (Wildman–Crippen LogP) is 5.97. The molecule has 178 valence electrons. The van der Waals surface area contributed by atoms with Gasteiger partial charge in [0.25, 0.3) is 0 Å². The van der Waals surface area contributed by atoms with E-state index in [2.05, 4.69) is 6.92 Å². The number of aliphatic carboxylic acids is 1. The lowest BCUT2D eigenvalue weighted by atomic mass is 10.1. The summed E-state index contributed by atoms with van der Waals surface area (Å²) in [5, 5.41) is 18.0. The van der Waals surface area contributed by atoms with E-state index in [1.165, 1.54) is 71.7 Å². The van der Waals surface area contributed by atoms with Crippen molar-refractivity contribution >= 4 is 12.0 Å². The van der Waals surface area contributed by atoms with Crippen molar-refractivity contribution in [2.24, 2.45) is 0 Å². The molecule has 0 aliphatic heterocycles. The second-order valence-corrected chi connectivity index (χ2v) is 7.58. The van der Waals surface area contributed by atoms with Gasteiger partial charge in [-0.2, -0.15) is 5.26 Å². The molecule has 0 fully saturated rings. The van der Waals surface area contributed by atoms with Crippen molar-refractivity contribution < 1.29 is 28.8 Å². The fourth-order valence-electron chi connectivity index (χ4n) is 3.29. The summed E-state index contributed by atoms with van der Waals surface area (Å²) < 4.78 is 22.0. The Balaban J connectivity index is 2.41. The number of carboxylic acids is 1. The number of carbonyl (C=O) groups is 1. The first-order valence-corrected chi connectivity index (χ1v) is 11.4. The molecule has 0 radical (unpaired) electrons. The number of ether oxygens (including phenoxy) is 4. The van der Waals surface area contributed by atoms with Crippen molar-refractivity contribution in [2.75, 3.05) is 27.6 Å². The maximum Gasteiger partial charge on any atom is 0.346 e. The van der Waals surface area contributed by atoms with Gasteiger partial charge in [0.05, 0.1) is 20.8 Å². The molecule has 0 heterocycles. The number of nitrogens with zero attached hydrogens (tertiary/aromatic N) is 1. The quantitative estimate of drug-likeness (QED) is 0.128. The van der Waals surface area contributed by atoms with Crippen LogP contribution in [0.5, 0.6) is 17.2 Å². The highest BCUT2D eigenvalue weighted by Gasteiger charge is 2.15. The van der Waals surface area contributed by atoms with Crippen molar-refractivity contribution in [3.63, 3.8) is 0 Å². The van der Waals surface area contributed by atoms with E-state index in [-0.39, 0.29) is 12.4 Å². The molecule has 1 N–H and O–H groups in total. The van der Waals surface area contributed by atoms with E-state index in [1.807, 2.05) is 0 Å². The molecule has 0 saturated carbocycles. The Hall–Kier alpha value is -2.72. The second kappa shape index (κ2) is 16.9. The molecule has 0 aliphatic carbocycles. The highest BCUT2D eigenvalue weighted by Crippen LogP contribution is 2.39. The van der Waals surface area contributed by atoms with E-state index in [1.54, 1.807) is 18.2 Å². The molecule has 32 heavy (non-hydrogen) atoms. The Morgan fingerprint density at radius 1 is 0.969 bits per heavy atom. The number of hydrogen-bond acceptors (Lipinski definition) is 6. The van der Waals surface area contributed by atoms with Crippen molar-refractivity contribution in [3.8, 4) is 23.3 Å². The molecule has 0 aliphatic rings. The van der Waals surface area contributed by atoms with Crippen LogP contribution in [0.1, 0.15) is 76.7 Å². The van der Waals surface area contributed by atoms with Crippen LogP contribution in [0, 0.1) is 11.3 Å². The van der Waals surface area contributed by atoms with Gasteiger partial charge in [-0.25, -0.2) is 4.79 Å². The average Bonchev–Trinajstić information content (AvgIpc) is 2.80. The van der Waals surface area contributed by atoms with Crippen LogP contribution >= 0.6 is 0 Å². The molecule has 0 atom stereocenters. The summed E-state index contributed by atoms with van der Waals surface area (Å²) in [5.41, 5.74) is 0.0684. The maximum atomic E-state index is 11.1. The Morgan fingerprint density at radius 2 is 1.50 bits per heavy atom. The summed E-state index contributed by atoms with van der Waals surface area (Å²) in [6.45, 7) is 2.91. The monoisotopic (exact) mass is 447 g/mol. The normalized spacial score (nSPS) is 11.1. The SMILES string of the molecule is CCCCCCCCCCCCOCOc1c(OC)cc(/C=C(/C#N)C(=O)O)cc1OC. The van der Waals surface area contributed by atoms with Crippen molar-refractivity contribution in [3.05, 3.63) is 23.3 Å². The predicted molar refractivity (Wildman–Crippen MR) is 124 cm³/mol. The number of benzene rings is 1. The summed E-state index contributed by atoms with van der Waals surface area (Å²) in [6, 6.07) is 4.82. The van der Waals surface area contributed by atoms with Crippen LogP contribution in [0.4, 0.5) is 0 Å². The summed E-state index contributed by atoms with van der Waals surface area (Å²) >= 11 is 0. The van der Waals surface area contributed by atoms with Crippen molar-refractivity contribution in [1.82, 2.24) is 0 Å². The lowest BCUT2D eigenvalue weighted by Crippen LogP contribution is -2.06. The number of hydrogen-bond donors (Lipinski definition) is 1. The van der Waals surface area contributed by atoms with E-state index < -0.39 is 5.97 Å². The molecule has 7 heteroatoms. The van der Waals surface area contributed by atoms with E-state index in [9.17, 15) is 4.79 Å². The molecule has 0 saturated heterocycles. The van der Waals surface area contributed by atoms with Gasteiger partial charge in [-0.1, -0.05) is 64.7 Å². The molecule has 7 nitrogen and oxygen atoms in total. The molecule has 0 amide bonds. The summed E-state index contributed by atoms with van der Waals surface area (Å²) in [4.78, 5) is 11.1. The minimum absolute atomic E-state index is 0.0535. The number of nitriles is 1. The van der Waals surface area contributed by atoms with Gasteiger partial charge in [-0.05, 0) is 30.2 Å². The van der Waals surface area contributed by atoms with Crippen LogP contribution in [0.2, 0.25) is 0 Å². The number of carboxylic acid groups (broad SMARTS) is 1. The van der Waals surface area contributed by atoms with Gasteiger partial charge in [0, 0.05) is 0 Å². The molecular weight excluding hydrogens is 410 g/mol. The summed E-state index contributed by atoms with van der Waals surface area (Å²) in [7, 11) is 2.95. The van der Waals surface area contributed by atoms with Crippen molar-refractivity contribution in [1.29, 1.82) is 5.26 Å². The Kier molecular flexibility index (Phi) is 14.4. The number of unbranched alkanes of at least 4 members (excludes halogenated alkanes) is 9. The number of rotatable bonds is 18.